The minimum atomic E-state index is 0.156. The molecule has 0 unspecified atom stereocenters. The summed E-state index contributed by atoms with van der Waals surface area (Å²) >= 11 is 0. The molecule has 0 aliphatic heterocycles. The molecule has 0 atom stereocenters. The highest BCUT2D eigenvalue weighted by Crippen LogP contribution is 2.13. The van der Waals surface area contributed by atoms with Crippen molar-refractivity contribution in [1.82, 2.24) is 21.3 Å². The fourth-order valence-corrected chi connectivity index (χ4v) is 5.56. The molecule has 0 aromatic carbocycles. The maximum Gasteiger partial charge on any atom is 0.221 e. The number of unbranched alkanes of at least 4 members (excludes halogenated alkanes) is 22. The van der Waals surface area contributed by atoms with E-state index in [1.807, 2.05) is 0 Å². The van der Waals surface area contributed by atoms with Gasteiger partial charge in [-0.3, -0.25) is 9.59 Å². The second kappa shape index (κ2) is 37.0. The summed E-state index contributed by atoms with van der Waals surface area (Å²) in [6.45, 7) is 9.42. The number of nitrogens with one attached hydrogen (secondary N) is 4. The van der Waals surface area contributed by atoms with Crippen molar-refractivity contribution < 1.29 is 9.59 Å². The van der Waals surface area contributed by atoms with Crippen LogP contribution in [0.4, 0.5) is 0 Å². The van der Waals surface area contributed by atoms with E-state index >= 15 is 0 Å². The van der Waals surface area contributed by atoms with Crippen LogP contribution in [0.1, 0.15) is 187 Å². The fraction of sp³-hybridized carbons (Fsp3) is 0.946. The molecule has 0 saturated carbocycles. The van der Waals surface area contributed by atoms with Crippen molar-refractivity contribution >= 4 is 11.8 Å². The lowest BCUT2D eigenvalue weighted by Crippen LogP contribution is -2.31. The minimum absolute atomic E-state index is 0.156. The molecule has 0 aromatic heterocycles. The lowest BCUT2D eigenvalue weighted by atomic mass is 10.1. The third-order valence-corrected chi connectivity index (χ3v) is 8.47. The Morgan fingerprint density at radius 2 is 0.605 bits per heavy atom. The molecular formula is C37H76N4O2. The number of hydrogen-bond donors (Lipinski definition) is 4. The van der Waals surface area contributed by atoms with Crippen LogP contribution in [0.3, 0.4) is 0 Å². The topological polar surface area (TPSA) is 82.3 Å². The van der Waals surface area contributed by atoms with Crippen molar-refractivity contribution in [3.8, 4) is 0 Å². The van der Waals surface area contributed by atoms with Crippen LogP contribution in [0.2, 0.25) is 0 Å². The first-order valence-corrected chi connectivity index (χ1v) is 19.2. The minimum Gasteiger partial charge on any atom is -0.356 e. The predicted octanol–water partition coefficient (Wildman–Crippen LogP) is 8.97. The summed E-state index contributed by atoms with van der Waals surface area (Å²) in [7, 11) is 0. The summed E-state index contributed by atoms with van der Waals surface area (Å²) in [6.07, 6.45) is 34.3. The third kappa shape index (κ3) is 37.0. The van der Waals surface area contributed by atoms with Crippen LogP contribution in [-0.2, 0) is 9.59 Å². The van der Waals surface area contributed by atoms with Gasteiger partial charge in [-0.2, -0.15) is 0 Å². The van der Waals surface area contributed by atoms with Crippen LogP contribution < -0.4 is 21.3 Å². The first kappa shape index (κ1) is 41.9. The molecule has 0 fully saturated rings. The summed E-state index contributed by atoms with van der Waals surface area (Å²) < 4.78 is 0. The molecule has 0 saturated heterocycles. The molecular weight excluding hydrogens is 532 g/mol. The van der Waals surface area contributed by atoms with Gasteiger partial charge in [0.25, 0.3) is 0 Å². The molecule has 0 radical (unpaired) electrons. The van der Waals surface area contributed by atoms with Gasteiger partial charge in [-0.05, 0) is 32.4 Å². The van der Waals surface area contributed by atoms with E-state index in [9.17, 15) is 9.59 Å². The van der Waals surface area contributed by atoms with E-state index in [1.54, 1.807) is 0 Å². The molecule has 0 bridgehead atoms. The SMILES string of the molecule is CCCCCCCCCCCCCCNC(=O)CCNCCCNCCC(=O)NCCCCCCCCCCCCCC. The first-order chi connectivity index (χ1) is 21.2. The first-order valence-electron chi connectivity index (χ1n) is 19.2. The maximum atomic E-state index is 12.0. The summed E-state index contributed by atoms with van der Waals surface area (Å²) in [5, 5.41) is 12.8. The van der Waals surface area contributed by atoms with E-state index in [4.69, 9.17) is 0 Å². The lowest BCUT2D eigenvalue weighted by Gasteiger charge is -2.08. The zero-order valence-corrected chi connectivity index (χ0v) is 29.2. The fourth-order valence-electron chi connectivity index (χ4n) is 5.56. The quantitative estimate of drug-likeness (QED) is 0.0535. The van der Waals surface area contributed by atoms with Crippen molar-refractivity contribution in [2.24, 2.45) is 0 Å². The molecule has 0 spiro atoms. The Morgan fingerprint density at radius 3 is 0.907 bits per heavy atom. The Labute approximate surface area is 268 Å². The van der Waals surface area contributed by atoms with Gasteiger partial charge in [0.1, 0.15) is 0 Å². The summed E-state index contributed by atoms with van der Waals surface area (Å²) in [5.74, 6) is 0.311. The van der Waals surface area contributed by atoms with Crippen molar-refractivity contribution in [3.63, 3.8) is 0 Å². The zero-order valence-electron chi connectivity index (χ0n) is 29.2. The van der Waals surface area contributed by atoms with Crippen molar-refractivity contribution in [1.29, 1.82) is 0 Å². The molecule has 6 heteroatoms. The predicted molar refractivity (Wildman–Crippen MR) is 188 cm³/mol. The molecule has 0 rings (SSSR count). The van der Waals surface area contributed by atoms with E-state index in [0.717, 1.165) is 58.5 Å². The van der Waals surface area contributed by atoms with Crippen molar-refractivity contribution in [2.45, 2.75) is 187 Å². The summed E-state index contributed by atoms with van der Waals surface area (Å²) in [5.41, 5.74) is 0. The number of rotatable bonds is 36. The van der Waals surface area contributed by atoms with E-state index < -0.39 is 0 Å². The second-order valence-electron chi connectivity index (χ2n) is 12.8. The molecule has 256 valence electrons. The largest absolute Gasteiger partial charge is 0.356 e. The average Bonchev–Trinajstić information content (AvgIpc) is 3.01. The van der Waals surface area contributed by atoms with Gasteiger partial charge in [0.2, 0.25) is 11.8 Å². The van der Waals surface area contributed by atoms with E-state index in [2.05, 4.69) is 35.1 Å². The zero-order chi connectivity index (χ0) is 31.3. The van der Waals surface area contributed by atoms with Crippen LogP contribution in [-0.4, -0.2) is 51.1 Å². The van der Waals surface area contributed by atoms with E-state index in [-0.39, 0.29) is 11.8 Å². The van der Waals surface area contributed by atoms with Crippen LogP contribution >= 0.6 is 0 Å². The highest BCUT2D eigenvalue weighted by Gasteiger charge is 2.02. The Hall–Kier alpha value is -1.14. The average molecular weight is 609 g/mol. The molecule has 4 N–H and O–H groups in total. The van der Waals surface area contributed by atoms with Crippen molar-refractivity contribution in [2.75, 3.05) is 39.3 Å². The normalized spacial score (nSPS) is 11.2. The number of carbonyl (C=O) groups excluding carboxylic acids is 2. The number of hydrogen-bond acceptors (Lipinski definition) is 4. The molecule has 43 heavy (non-hydrogen) atoms. The summed E-state index contributed by atoms with van der Waals surface area (Å²) in [4.78, 5) is 24.0. The molecule has 0 aliphatic carbocycles. The van der Waals surface area contributed by atoms with Gasteiger partial charge in [0.05, 0.1) is 0 Å². The number of amides is 2. The van der Waals surface area contributed by atoms with Gasteiger partial charge >= 0.3 is 0 Å². The van der Waals surface area contributed by atoms with Crippen molar-refractivity contribution in [3.05, 3.63) is 0 Å². The van der Waals surface area contributed by atoms with Crippen LogP contribution in [0.15, 0.2) is 0 Å². The summed E-state index contributed by atoms with van der Waals surface area (Å²) in [6, 6.07) is 0. The van der Waals surface area contributed by atoms with Gasteiger partial charge < -0.3 is 21.3 Å². The van der Waals surface area contributed by atoms with Crippen LogP contribution in [0.5, 0.6) is 0 Å². The van der Waals surface area contributed by atoms with Gasteiger partial charge in [-0.1, -0.05) is 155 Å². The number of carbonyl (C=O) groups is 2. The maximum absolute atomic E-state index is 12.0. The molecule has 0 aliphatic rings. The smallest absolute Gasteiger partial charge is 0.221 e. The molecule has 2 amide bonds. The third-order valence-electron chi connectivity index (χ3n) is 8.47. The standard InChI is InChI=1S/C37H76N4O2/c1-3-5-7-9-11-13-15-17-19-21-23-25-32-40-36(42)28-34-38-30-27-31-39-35-29-37(43)41-33-26-24-22-20-18-16-14-12-10-8-6-4-2/h38-39H,3-35H2,1-2H3,(H,40,42)(H,41,43). The Balaban J connectivity index is 3.24. The van der Waals surface area contributed by atoms with Crippen LogP contribution in [0.25, 0.3) is 0 Å². The molecule has 6 nitrogen and oxygen atoms in total. The highest BCUT2D eigenvalue weighted by molar-refractivity contribution is 5.76. The van der Waals surface area contributed by atoms with Gasteiger partial charge in [0, 0.05) is 39.0 Å². The van der Waals surface area contributed by atoms with Gasteiger partial charge in [-0.15, -0.1) is 0 Å². The van der Waals surface area contributed by atoms with E-state index in [0.29, 0.717) is 12.8 Å². The van der Waals surface area contributed by atoms with Crippen LogP contribution in [0, 0.1) is 0 Å². The Bertz CT molecular complexity index is 525. The van der Waals surface area contributed by atoms with E-state index in [1.165, 1.54) is 141 Å². The Morgan fingerprint density at radius 1 is 0.326 bits per heavy atom. The molecule has 0 aromatic rings. The monoisotopic (exact) mass is 609 g/mol. The van der Waals surface area contributed by atoms with Gasteiger partial charge in [0.15, 0.2) is 0 Å². The second-order valence-corrected chi connectivity index (χ2v) is 12.8. The molecule has 0 heterocycles. The lowest BCUT2D eigenvalue weighted by molar-refractivity contribution is -0.121. The highest BCUT2D eigenvalue weighted by atomic mass is 16.2. The Kier molecular flexibility index (Phi) is 36.1. The van der Waals surface area contributed by atoms with Gasteiger partial charge in [-0.25, -0.2) is 0 Å².